The van der Waals surface area contributed by atoms with E-state index in [0.717, 1.165) is 6.42 Å². The van der Waals surface area contributed by atoms with Gasteiger partial charge in [0.15, 0.2) is 5.82 Å². The Labute approximate surface area is 87.5 Å². The second-order valence-corrected chi connectivity index (χ2v) is 4.04. The molecule has 2 rings (SSSR count). The predicted molar refractivity (Wildman–Crippen MR) is 54.5 cm³/mol. The predicted octanol–water partition coefficient (Wildman–Crippen LogP) is 1.09. The largest absolute Gasteiger partial charge is 0.386 e. The van der Waals surface area contributed by atoms with Crippen molar-refractivity contribution in [1.29, 1.82) is 0 Å². The number of aromatic nitrogens is 2. The van der Waals surface area contributed by atoms with Crippen molar-refractivity contribution in [2.45, 2.75) is 18.9 Å². The van der Waals surface area contributed by atoms with Crippen LogP contribution in [0.25, 0.3) is 0 Å². The van der Waals surface area contributed by atoms with Crippen LogP contribution in [0.1, 0.15) is 13.3 Å². The SMILES string of the molecule is CCC1(O)CN(c2ncncc2Cl)C1. The number of hydrogen-bond donors (Lipinski definition) is 1. The van der Waals surface area contributed by atoms with Crippen LogP contribution in [0, 0.1) is 0 Å². The maximum absolute atomic E-state index is 9.81. The first-order chi connectivity index (χ1) is 6.64. The molecule has 76 valence electrons. The van der Waals surface area contributed by atoms with Gasteiger partial charge in [0, 0.05) is 0 Å². The Morgan fingerprint density at radius 1 is 1.64 bits per heavy atom. The molecule has 0 atom stereocenters. The summed E-state index contributed by atoms with van der Waals surface area (Å²) in [6.45, 7) is 3.17. The molecule has 0 saturated carbocycles. The third-order valence-corrected chi connectivity index (χ3v) is 2.84. The highest BCUT2D eigenvalue weighted by atomic mass is 35.5. The Morgan fingerprint density at radius 2 is 2.36 bits per heavy atom. The van der Waals surface area contributed by atoms with E-state index < -0.39 is 5.60 Å². The maximum Gasteiger partial charge on any atom is 0.151 e. The molecule has 0 unspecified atom stereocenters. The van der Waals surface area contributed by atoms with E-state index in [-0.39, 0.29) is 0 Å². The molecule has 2 heterocycles. The number of rotatable bonds is 2. The molecular formula is C9H12ClN3O. The second-order valence-electron chi connectivity index (χ2n) is 3.63. The van der Waals surface area contributed by atoms with Crippen molar-refractivity contribution in [3.05, 3.63) is 17.5 Å². The van der Waals surface area contributed by atoms with Crippen molar-refractivity contribution in [2.24, 2.45) is 0 Å². The van der Waals surface area contributed by atoms with Crippen LogP contribution in [-0.4, -0.2) is 33.8 Å². The van der Waals surface area contributed by atoms with Gasteiger partial charge in [0.25, 0.3) is 0 Å². The zero-order valence-corrected chi connectivity index (χ0v) is 8.70. The highest BCUT2D eigenvalue weighted by Crippen LogP contribution is 2.31. The first-order valence-corrected chi connectivity index (χ1v) is 4.95. The quantitative estimate of drug-likeness (QED) is 0.799. The number of hydrogen-bond acceptors (Lipinski definition) is 4. The minimum Gasteiger partial charge on any atom is -0.386 e. The number of aliphatic hydroxyl groups is 1. The van der Waals surface area contributed by atoms with Crippen LogP contribution in [0.3, 0.4) is 0 Å². The van der Waals surface area contributed by atoms with Gasteiger partial charge in [-0.05, 0) is 6.42 Å². The van der Waals surface area contributed by atoms with Crippen LogP contribution in [0.2, 0.25) is 5.02 Å². The Balaban J connectivity index is 2.10. The van der Waals surface area contributed by atoms with Gasteiger partial charge in [-0.15, -0.1) is 0 Å². The summed E-state index contributed by atoms with van der Waals surface area (Å²) in [6.07, 6.45) is 3.78. The van der Waals surface area contributed by atoms with Crippen LogP contribution in [0.4, 0.5) is 5.82 Å². The van der Waals surface area contributed by atoms with Crippen molar-refractivity contribution < 1.29 is 5.11 Å². The molecular weight excluding hydrogens is 202 g/mol. The van der Waals surface area contributed by atoms with Crippen LogP contribution >= 0.6 is 11.6 Å². The van der Waals surface area contributed by atoms with Crippen molar-refractivity contribution in [3.63, 3.8) is 0 Å². The lowest BCUT2D eigenvalue weighted by Crippen LogP contribution is -2.62. The van der Waals surface area contributed by atoms with E-state index >= 15 is 0 Å². The zero-order valence-electron chi connectivity index (χ0n) is 7.94. The van der Waals surface area contributed by atoms with Crippen molar-refractivity contribution in [3.8, 4) is 0 Å². The van der Waals surface area contributed by atoms with E-state index in [9.17, 15) is 5.11 Å². The first-order valence-electron chi connectivity index (χ1n) is 4.57. The van der Waals surface area contributed by atoms with Gasteiger partial charge in [-0.25, -0.2) is 9.97 Å². The molecule has 1 N–H and O–H groups in total. The summed E-state index contributed by atoms with van der Waals surface area (Å²) in [5.41, 5.74) is -0.561. The second kappa shape index (κ2) is 3.37. The molecule has 0 bridgehead atoms. The lowest BCUT2D eigenvalue weighted by Gasteiger charge is -2.46. The molecule has 0 spiro atoms. The molecule has 0 radical (unpaired) electrons. The smallest absolute Gasteiger partial charge is 0.151 e. The highest BCUT2D eigenvalue weighted by Gasteiger charge is 2.40. The molecule has 4 nitrogen and oxygen atoms in total. The van der Waals surface area contributed by atoms with Gasteiger partial charge < -0.3 is 10.0 Å². The topological polar surface area (TPSA) is 49.2 Å². The Kier molecular flexibility index (Phi) is 2.33. The fraction of sp³-hybridized carbons (Fsp3) is 0.556. The van der Waals surface area contributed by atoms with E-state index in [1.54, 1.807) is 6.20 Å². The molecule has 1 fully saturated rings. The molecule has 1 aromatic heterocycles. The summed E-state index contributed by atoms with van der Waals surface area (Å²) < 4.78 is 0. The van der Waals surface area contributed by atoms with Gasteiger partial charge in [0.05, 0.1) is 24.9 Å². The molecule has 5 heteroatoms. The van der Waals surface area contributed by atoms with Gasteiger partial charge >= 0.3 is 0 Å². The fourth-order valence-corrected chi connectivity index (χ4v) is 1.80. The molecule has 1 aliphatic heterocycles. The van der Waals surface area contributed by atoms with Crippen LogP contribution in [-0.2, 0) is 0 Å². The van der Waals surface area contributed by atoms with E-state index in [0.29, 0.717) is 23.9 Å². The summed E-state index contributed by atoms with van der Waals surface area (Å²) in [7, 11) is 0. The van der Waals surface area contributed by atoms with Gasteiger partial charge in [-0.2, -0.15) is 0 Å². The molecule has 1 saturated heterocycles. The average molecular weight is 214 g/mol. The van der Waals surface area contributed by atoms with Crippen molar-refractivity contribution >= 4 is 17.4 Å². The van der Waals surface area contributed by atoms with Crippen LogP contribution in [0.5, 0.6) is 0 Å². The minimum absolute atomic E-state index is 0.533. The van der Waals surface area contributed by atoms with Crippen molar-refractivity contribution in [2.75, 3.05) is 18.0 Å². The van der Waals surface area contributed by atoms with Gasteiger partial charge in [-0.1, -0.05) is 18.5 Å². The lowest BCUT2D eigenvalue weighted by molar-refractivity contribution is 0.00806. The molecule has 0 aliphatic carbocycles. The normalized spacial score (nSPS) is 19.2. The Bertz CT molecular complexity index is 339. The maximum atomic E-state index is 9.81. The molecule has 14 heavy (non-hydrogen) atoms. The van der Waals surface area contributed by atoms with Crippen molar-refractivity contribution in [1.82, 2.24) is 9.97 Å². The number of β-amino-alcohol motifs (C(OH)–C–C–N with tert-alkyl or cyclic N) is 1. The third kappa shape index (κ3) is 1.55. The molecule has 1 aromatic rings. The van der Waals surface area contributed by atoms with Crippen LogP contribution in [0.15, 0.2) is 12.5 Å². The number of halogens is 1. The summed E-state index contributed by atoms with van der Waals surface area (Å²) in [4.78, 5) is 9.83. The van der Waals surface area contributed by atoms with E-state index in [1.165, 1.54) is 6.33 Å². The third-order valence-electron chi connectivity index (χ3n) is 2.58. The number of anilines is 1. The number of nitrogens with zero attached hydrogens (tertiary/aromatic N) is 3. The van der Waals surface area contributed by atoms with E-state index in [1.807, 2.05) is 11.8 Å². The molecule has 1 aliphatic rings. The van der Waals surface area contributed by atoms with Gasteiger partial charge in [0.2, 0.25) is 0 Å². The summed E-state index contributed by atoms with van der Waals surface area (Å²) in [6, 6.07) is 0. The Morgan fingerprint density at radius 3 is 2.93 bits per heavy atom. The first kappa shape index (κ1) is 9.68. The van der Waals surface area contributed by atoms with Crippen LogP contribution < -0.4 is 4.90 Å². The van der Waals surface area contributed by atoms with E-state index in [2.05, 4.69) is 9.97 Å². The summed E-state index contributed by atoms with van der Waals surface area (Å²) in [5.74, 6) is 0.708. The summed E-state index contributed by atoms with van der Waals surface area (Å²) >= 11 is 5.92. The fourth-order valence-electron chi connectivity index (χ4n) is 1.58. The minimum atomic E-state index is -0.561. The lowest BCUT2D eigenvalue weighted by atomic mass is 9.91. The average Bonchev–Trinajstić information content (AvgIpc) is 2.14. The monoisotopic (exact) mass is 213 g/mol. The highest BCUT2D eigenvalue weighted by molar-refractivity contribution is 6.32. The zero-order chi connectivity index (χ0) is 10.2. The molecule has 0 aromatic carbocycles. The summed E-state index contributed by atoms with van der Waals surface area (Å²) in [5, 5.41) is 10.3. The molecule has 0 amide bonds. The van der Waals surface area contributed by atoms with Gasteiger partial charge in [0.1, 0.15) is 11.3 Å². The Hall–Kier alpha value is -0.870. The van der Waals surface area contributed by atoms with Gasteiger partial charge in [-0.3, -0.25) is 0 Å². The van der Waals surface area contributed by atoms with E-state index in [4.69, 9.17) is 11.6 Å². The standard InChI is InChI=1S/C9H12ClN3O/c1-2-9(14)4-13(5-9)8-7(10)3-11-6-12-8/h3,6,14H,2,4-5H2,1H3.